The minimum Gasteiger partial charge on any atom is -0.495 e. The highest BCUT2D eigenvalue weighted by atomic mass is 79.9. The lowest BCUT2D eigenvalue weighted by Crippen LogP contribution is -2.34. The molecule has 2 N–H and O–H groups in total. The smallest absolute Gasteiger partial charge is 0.136 e. The molecule has 0 unspecified atom stereocenters. The van der Waals surface area contributed by atoms with Gasteiger partial charge in [0.15, 0.2) is 0 Å². The zero-order chi connectivity index (χ0) is 13.2. The fourth-order valence-electron chi connectivity index (χ4n) is 1.95. The number of hydrogen-bond donors (Lipinski definition) is 1. The largest absolute Gasteiger partial charge is 0.495 e. The Kier molecular flexibility index (Phi) is 4.62. The van der Waals surface area contributed by atoms with Gasteiger partial charge >= 0.3 is 0 Å². The van der Waals surface area contributed by atoms with Gasteiger partial charge in [0.25, 0.3) is 0 Å². The number of rotatable bonds is 4. The number of ether oxygens (including phenoxy) is 1. The molecule has 96 valence electrons. The van der Waals surface area contributed by atoms with E-state index in [0.29, 0.717) is 5.92 Å². The van der Waals surface area contributed by atoms with Crippen molar-refractivity contribution in [3.8, 4) is 5.75 Å². The molecule has 0 amide bonds. The van der Waals surface area contributed by atoms with Crippen LogP contribution in [-0.4, -0.2) is 12.6 Å². The summed E-state index contributed by atoms with van der Waals surface area (Å²) in [6.45, 7) is 8.42. The molecule has 0 bridgehead atoms. The average molecular weight is 300 g/mol. The van der Waals surface area contributed by atoms with Crippen molar-refractivity contribution in [3.63, 3.8) is 0 Å². The first-order chi connectivity index (χ1) is 7.74. The van der Waals surface area contributed by atoms with Crippen LogP contribution in [-0.2, 0) is 6.42 Å². The van der Waals surface area contributed by atoms with E-state index in [1.807, 2.05) is 13.8 Å². The van der Waals surface area contributed by atoms with E-state index in [4.69, 9.17) is 10.5 Å². The lowest BCUT2D eigenvalue weighted by Gasteiger charge is -2.21. The van der Waals surface area contributed by atoms with Crippen LogP contribution in [0.4, 0.5) is 0 Å². The quantitative estimate of drug-likeness (QED) is 0.916. The van der Waals surface area contributed by atoms with Gasteiger partial charge in [-0.05, 0) is 59.3 Å². The van der Waals surface area contributed by atoms with Crippen LogP contribution in [0.15, 0.2) is 16.6 Å². The lowest BCUT2D eigenvalue weighted by molar-refractivity contribution is 0.404. The maximum Gasteiger partial charge on any atom is 0.136 e. The number of hydrogen-bond acceptors (Lipinski definition) is 2. The van der Waals surface area contributed by atoms with Gasteiger partial charge in [0, 0.05) is 5.54 Å². The van der Waals surface area contributed by atoms with Crippen molar-refractivity contribution in [2.75, 3.05) is 7.11 Å². The number of benzene rings is 1. The topological polar surface area (TPSA) is 35.2 Å². The van der Waals surface area contributed by atoms with Crippen LogP contribution in [0.5, 0.6) is 5.75 Å². The van der Waals surface area contributed by atoms with Crippen LogP contribution in [0.3, 0.4) is 0 Å². The second-order valence-corrected chi connectivity index (χ2v) is 6.37. The lowest BCUT2D eigenvalue weighted by atomic mass is 9.92. The first-order valence-electron chi connectivity index (χ1n) is 5.90. The summed E-state index contributed by atoms with van der Waals surface area (Å²) in [7, 11) is 1.71. The molecule has 1 rings (SSSR count). The van der Waals surface area contributed by atoms with Gasteiger partial charge in [-0.3, -0.25) is 0 Å². The van der Waals surface area contributed by atoms with Crippen molar-refractivity contribution in [1.29, 1.82) is 0 Å². The molecule has 0 saturated heterocycles. The Labute approximate surface area is 113 Å². The zero-order valence-electron chi connectivity index (χ0n) is 11.3. The zero-order valence-corrected chi connectivity index (χ0v) is 12.9. The normalized spacial score (nSPS) is 12.0. The molecule has 0 fully saturated rings. The average Bonchev–Trinajstić information content (AvgIpc) is 2.13. The van der Waals surface area contributed by atoms with Gasteiger partial charge in [0.05, 0.1) is 11.6 Å². The first-order valence-corrected chi connectivity index (χ1v) is 6.69. The molecule has 0 atom stereocenters. The van der Waals surface area contributed by atoms with Crippen molar-refractivity contribution in [2.45, 2.75) is 45.6 Å². The second kappa shape index (κ2) is 5.40. The molecule has 3 heteroatoms. The van der Waals surface area contributed by atoms with E-state index in [-0.39, 0.29) is 5.54 Å². The van der Waals surface area contributed by atoms with Crippen LogP contribution in [0.2, 0.25) is 0 Å². The van der Waals surface area contributed by atoms with Crippen LogP contribution < -0.4 is 10.5 Å². The molecule has 1 aromatic rings. The maximum atomic E-state index is 6.07. The van der Waals surface area contributed by atoms with Crippen molar-refractivity contribution in [1.82, 2.24) is 0 Å². The third kappa shape index (κ3) is 4.00. The van der Waals surface area contributed by atoms with Gasteiger partial charge in [-0.15, -0.1) is 0 Å². The van der Waals surface area contributed by atoms with E-state index in [9.17, 15) is 0 Å². The summed E-state index contributed by atoms with van der Waals surface area (Å²) in [6, 6.07) is 4.29. The molecule has 17 heavy (non-hydrogen) atoms. The molecule has 0 spiro atoms. The van der Waals surface area contributed by atoms with Crippen LogP contribution in [0.1, 0.15) is 44.7 Å². The highest BCUT2D eigenvalue weighted by Crippen LogP contribution is 2.35. The second-order valence-electron chi connectivity index (χ2n) is 5.52. The van der Waals surface area contributed by atoms with E-state index >= 15 is 0 Å². The highest BCUT2D eigenvalue weighted by Gasteiger charge is 2.17. The molecule has 0 saturated carbocycles. The fraction of sp³-hybridized carbons (Fsp3) is 0.571. The molecule has 0 aromatic heterocycles. The Hall–Kier alpha value is -0.540. The summed E-state index contributed by atoms with van der Waals surface area (Å²) in [4.78, 5) is 0. The van der Waals surface area contributed by atoms with Crippen LogP contribution in [0, 0.1) is 0 Å². The Morgan fingerprint density at radius 1 is 1.35 bits per heavy atom. The van der Waals surface area contributed by atoms with E-state index in [1.165, 1.54) is 11.1 Å². The van der Waals surface area contributed by atoms with E-state index in [1.54, 1.807) is 7.11 Å². The van der Waals surface area contributed by atoms with Gasteiger partial charge in [0.1, 0.15) is 5.75 Å². The summed E-state index contributed by atoms with van der Waals surface area (Å²) in [5.74, 6) is 1.36. The minimum atomic E-state index is -0.192. The SMILES string of the molecule is COc1c(Br)cc(CC(C)(C)N)cc1C(C)C. The van der Waals surface area contributed by atoms with Gasteiger partial charge < -0.3 is 10.5 Å². The predicted octanol–water partition coefficient (Wildman–Crippen LogP) is 3.86. The molecule has 1 aromatic carbocycles. The summed E-state index contributed by atoms with van der Waals surface area (Å²) < 4.78 is 6.45. The highest BCUT2D eigenvalue weighted by molar-refractivity contribution is 9.10. The molecule has 0 aliphatic heterocycles. The van der Waals surface area contributed by atoms with E-state index in [2.05, 4.69) is 41.9 Å². The standard InChI is InChI=1S/C14H22BrNO/c1-9(2)11-6-10(8-14(3,4)16)7-12(15)13(11)17-5/h6-7,9H,8,16H2,1-5H3. The molecule has 0 aliphatic rings. The molecule has 2 nitrogen and oxygen atoms in total. The van der Waals surface area contributed by atoms with Crippen molar-refractivity contribution < 1.29 is 4.74 Å². The van der Waals surface area contributed by atoms with Crippen molar-refractivity contribution in [2.24, 2.45) is 5.73 Å². The maximum absolute atomic E-state index is 6.07. The van der Waals surface area contributed by atoms with Crippen LogP contribution >= 0.6 is 15.9 Å². The Morgan fingerprint density at radius 2 is 1.94 bits per heavy atom. The predicted molar refractivity (Wildman–Crippen MR) is 76.8 cm³/mol. The monoisotopic (exact) mass is 299 g/mol. The molecule has 0 radical (unpaired) electrons. The van der Waals surface area contributed by atoms with Gasteiger partial charge in [-0.1, -0.05) is 19.9 Å². The van der Waals surface area contributed by atoms with E-state index < -0.39 is 0 Å². The summed E-state index contributed by atoms with van der Waals surface area (Å²) >= 11 is 3.57. The number of halogens is 1. The minimum absolute atomic E-state index is 0.192. The molecular formula is C14H22BrNO. The summed E-state index contributed by atoms with van der Waals surface area (Å²) in [5.41, 5.74) is 8.34. The van der Waals surface area contributed by atoms with Gasteiger partial charge in [-0.25, -0.2) is 0 Å². The number of nitrogens with two attached hydrogens (primary N) is 1. The Bertz CT molecular complexity index is 394. The van der Waals surface area contributed by atoms with Gasteiger partial charge in [0.2, 0.25) is 0 Å². The molecule has 0 heterocycles. The first kappa shape index (κ1) is 14.5. The Balaban J connectivity index is 3.20. The van der Waals surface area contributed by atoms with Crippen molar-refractivity contribution in [3.05, 3.63) is 27.7 Å². The third-order valence-electron chi connectivity index (χ3n) is 2.62. The Morgan fingerprint density at radius 3 is 2.35 bits per heavy atom. The third-order valence-corrected chi connectivity index (χ3v) is 3.21. The number of methoxy groups -OCH3 is 1. The molecule has 0 aliphatic carbocycles. The summed E-state index contributed by atoms with van der Waals surface area (Å²) in [5, 5.41) is 0. The van der Waals surface area contributed by atoms with Crippen molar-refractivity contribution >= 4 is 15.9 Å². The van der Waals surface area contributed by atoms with E-state index in [0.717, 1.165) is 16.6 Å². The van der Waals surface area contributed by atoms with Gasteiger partial charge in [-0.2, -0.15) is 0 Å². The fourth-order valence-corrected chi connectivity index (χ4v) is 2.63. The van der Waals surface area contributed by atoms with Crippen LogP contribution in [0.25, 0.3) is 0 Å². The summed E-state index contributed by atoms with van der Waals surface area (Å²) in [6.07, 6.45) is 0.856. The molecular weight excluding hydrogens is 278 g/mol.